The maximum Gasteiger partial charge on any atom is 0.347 e. The minimum Gasteiger partial charge on any atom is -0.478 e. The quantitative estimate of drug-likeness (QED) is 0.705. The van der Waals surface area contributed by atoms with E-state index < -0.39 is 11.6 Å². The van der Waals surface area contributed by atoms with Crippen molar-refractivity contribution in [2.24, 2.45) is 0 Å². The third-order valence-corrected chi connectivity index (χ3v) is 5.97. The summed E-state index contributed by atoms with van der Waals surface area (Å²) in [6.07, 6.45) is 3.57. The highest BCUT2D eigenvalue weighted by Crippen LogP contribution is 2.36. The van der Waals surface area contributed by atoms with E-state index in [4.69, 9.17) is 9.72 Å². The van der Waals surface area contributed by atoms with Crippen molar-refractivity contribution >= 4 is 27.5 Å². The number of benzene rings is 2. The van der Waals surface area contributed by atoms with Gasteiger partial charge in [-0.1, -0.05) is 0 Å². The molecule has 5 heteroatoms. The summed E-state index contributed by atoms with van der Waals surface area (Å²) < 4.78 is 6.91. The van der Waals surface area contributed by atoms with Gasteiger partial charge in [0.2, 0.25) is 0 Å². The van der Waals surface area contributed by atoms with E-state index in [0.29, 0.717) is 5.75 Å². The van der Waals surface area contributed by atoms with Crippen LogP contribution in [0.1, 0.15) is 37.0 Å². The minimum absolute atomic E-state index is 0.584. The van der Waals surface area contributed by atoms with Crippen molar-refractivity contribution in [1.29, 1.82) is 0 Å². The molecular formula is C21H21NO3S. The van der Waals surface area contributed by atoms with Crippen molar-refractivity contribution in [2.45, 2.75) is 45.6 Å². The van der Waals surface area contributed by atoms with E-state index in [1.165, 1.54) is 28.7 Å². The molecule has 0 saturated heterocycles. The van der Waals surface area contributed by atoms with Crippen LogP contribution < -0.4 is 4.74 Å². The van der Waals surface area contributed by atoms with Crippen molar-refractivity contribution in [1.82, 2.24) is 4.98 Å². The van der Waals surface area contributed by atoms with E-state index >= 15 is 0 Å². The van der Waals surface area contributed by atoms with Crippen LogP contribution in [-0.4, -0.2) is 21.7 Å². The van der Waals surface area contributed by atoms with Crippen LogP contribution >= 0.6 is 11.3 Å². The number of hydrogen-bond acceptors (Lipinski definition) is 4. The average Bonchev–Trinajstić information content (AvgIpc) is 3.19. The molecule has 3 aromatic rings. The van der Waals surface area contributed by atoms with Crippen LogP contribution in [0.2, 0.25) is 0 Å². The zero-order valence-corrected chi connectivity index (χ0v) is 15.9. The Hall–Kier alpha value is -2.40. The molecule has 1 aliphatic rings. The Morgan fingerprint density at radius 1 is 1.19 bits per heavy atom. The number of fused-ring (bicyclic) bond motifs is 2. The summed E-state index contributed by atoms with van der Waals surface area (Å²) in [4.78, 5) is 16.1. The van der Waals surface area contributed by atoms with Gasteiger partial charge in [-0.05, 0) is 87.1 Å². The predicted molar refractivity (Wildman–Crippen MR) is 104 cm³/mol. The third kappa shape index (κ3) is 2.97. The van der Waals surface area contributed by atoms with Crippen molar-refractivity contribution in [2.75, 3.05) is 0 Å². The fourth-order valence-electron chi connectivity index (χ4n) is 3.33. The van der Waals surface area contributed by atoms with Gasteiger partial charge in [-0.2, -0.15) is 0 Å². The number of thiazole rings is 1. The highest BCUT2D eigenvalue weighted by Gasteiger charge is 2.30. The van der Waals surface area contributed by atoms with Crippen molar-refractivity contribution in [3.8, 4) is 16.3 Å². The molecule has 0 bridgehead atoms. The molecule has 134 valence electrons. The molecule has 4 rings (SSSR count). The fraction of sp³-hybridized carbons (Fsp3) is 0.333. The topological polar surface area (TPSA) is 59.4 Å². The first kappa shape index (κ1) is 17.0. The largest absolute Gasteiger partial charge is 0.478 e. The Kier molecular flexibility index (Phi) is 3.99. The Bertz CT molecular complexity index is 979. The summed E-state index contributed by atoms with van der Waals surface area (Å²) >= 11 is 1.70. The van der Waals surface area contributed by atoms with E-state index in [-0.39, 0.29) is 0 Å². The molecule has 0 fully saturated rings. The number of aryl methyl sites for hydroxylation is 3. The van der Waals surface area contributed by atoms with Crippen molar-refractivity contribution in [3.05, 3.63) is 47.0 Å². The molecule has 1 N–H and O–H groups in total. The molecule has 0 radical (unpaired) electrons. The zero-order chi connectivity index (χ0) is 18.5. The normalized spacial score (nSPS) is 13.8. The molecule has 0 aliphatic heterocycles. The number of carboxylic acid groups (broad SMARTS) is 1. The number of nitrogens with zero attached hydrogens (tertiary/aromatic N) is 1. The summed E-state index contributed by atoms with van der Waals surface area (Å²) in [5, 5.41) is 10.2. The van der Waals surface area contributed by atoms with E-state index in [1.807, 2.05) is 25.1 Å². The molecule has 1 aliphatic carbocycles. The molecule has 0 spiro atoms. The summed E-state index contributed by atoms with van der Waals surface area (Å²) in [6.45, 7) is 5.03. The number of ether oxygens (including phenoxy) is 1. The zero-order valence-electron chi connectivity index (χ0n) is 15.1. The van der Waals surface area contributed by atoms with Crippen LogP contribution in [0.3, 0.4) is 0 Å². The summed E-state index contributed by atoms with van der Waals surface area (Å²) in [5.41, 5.74) is 4.63. The second kappa shape index (κ2) is 6.09. The van der Waals surface area contributed by atoms with E-state index in [9.17, 15) is 9.90 Å². The van der Waals surface area contributed by atoms with Gasteiger partial charge in [-0.3, -0.25) is 0 Å². The van der Waals surface area contributed by atoms with Gasteiger partial charge in [-0.15, -0.1) is 11.3 Å². The van der Waals surface area contributed by atoms with Gasteiger partial charge in [0.1, 0.15) is 10.8 Å². The van der Waals surface area contributed by atoms with Gasteiger partial charge in [0.05, 0.1) is 10.2 Å². The monoisotopic (exact) mass is 367 g/mol. The molecule has 1 heterocycles. The molecule has 1 aromatic heterocycles. The maximum atomic E-state index is 11.3. The number of aliphatic carboxylic acids is 1. The third-order valence-electron chi connectivity index (χ3n) is 4.90. The van der Waals surface area contributed by atoms with Crippen LogP contribution in [-0.2, 0) is 17.6 Å². The fourth-order valence-corrected chi connectivity index (χ4v) is 4.34. The van der Waals surface area contributed by atoms with Crippen LogP contribution in [0.25, 0.3) is 20.8 Å². The molecular weight excluding hydrogens is 346 g/mol. The smallest absolute Gasteiger partial charge is 0.347 e. The standard InChI is InChI=1S/C21H21NO3S/c1-12-9-15(7-8-17(12)25-21(2,3)20(23)24)19-22-16-10-13-5-4-6-14(13)11-18(16)26-19/h7-11H,4-6H2,1-3H3,(H,23,24). The lowest BCUT2D eigenvalue weighted by atomic mass is 10.1. The molecule has 0 amide bonds. The van der Waals surface area contributed by atoms with Crippen LogP contribution in [0.4, 0.5) is 0 Å². The van der Waals surface area contributed by atoms with Crippen LogP contribution in [0.5, 0.6) is 5.75 Å². The van der Waals surface area contributed by atoms with Crippen molar-refractivity contribution in [3.63, 3.8) is 0 Å². The first-order valence-electron chi connectivity index (χ1n) is 8.79. The lowest BCUT2D eigenvalue weighted by molar-refractivity contribution is -0.152. The Balaban J connectivity index is 1.67. The molecule has 4 nitrogen and oxygen atoms in total. The lowest BCUT2D eigenvalue weighted by Crippen LogP contribution is -2.38. The molecule has 0 saturated carbocycles. The predicted octanol–water partition coefficient (Wildman–Crippen LogP) is 5.00. The molecule has 0 atom stereocenters. The van der Waals surface area contributed by atoms with Gasteiger partial charge in [0, 0.05) is 5.56 Å². The number of rotatable bonds is 4. The number of hydrogen-bond donors (Lipinski definition) is 1. The van der Waals surface area contributed by atoms with Crippen LogP contribution in [0, 0.1) is 6.92 Å². The van der Waals surface area contributed by atoms with Gasteiger partial charge in [0.15, 0.2) is 5.60 Å². The summed E-state index contributed by atoms with van der Waals surface area (Å²) in [5.74, 6) is -0.401. The van der Waals surface area contributed by atoms with Gasteiger partial charge < -0.3 is 9.84 Å². The Morgan fingerprint density at radius 2 is 1.92 bits per heavy atom. The van der Waals surface area contributed by atoms with E-state index in [1.54, 1.807) is 25.2 Å². The van der Waals surface area contributed by atoms with Gasteiger partial charge >= 0.3 is 5.97 Å². The number of carbonyl (C=O) groups is 1. The average molecular weight is 367 g/mol. The van der Waals surface area contributed by atoms with Crippen molar-refractivity contribution < 1.29 is 14.6 Å². The first-order valence-corrected chi connectivity index (χ1v) is 9.61. The lowest BCUT2D eigenvalue weighted by Gasteiger charge is -2.22. The Labute approximate surface area is 156 Å². The van der Waals surface area contributed by atoms with Crippen LogP contribution in [0.15, 0.2) is 30.3 Å². The highest BCUT2D eigenvalue weighted by molar-refractivity contribution is 7.21. The second-order valence-corrected chi connectivity index (χ2v) is 8.39. The number of carboxylic acids is 1. The Morgan fingerprint density at radius 3 is 2.62 bits per heavy atom. The molecule has 2 aromatic carbocycles. The van der Waals surface area contributed by atoms with E-state index in [0.717, 1.165) is 28.1 Å². The number of aromatic nitrogens is 1. The molecule has 0 unspecified atom stereocenters. The first-order chi connectivity index (χ1) is 12.3. The van der Waals surface area contributed by atoms with Gasteiger partial charge in [-0.25, -0.2) is 9.78 Å². The van der Waals surface area contributed by atoms with Gasteiger partial charge in [0.25, 0.3) is 0 Å². The van der Waals surface area contributed by atoms with E-state index in [2.05, 4.69) is 12.1 Å². The highest BCUT2D eigenvalue weighted by atomic mass is 32.1. The molecule has 26 heavy (non-hydrogen) atoms. The SMILES string of the molecule is Cc1cc(-c2nc3cc4c(cc3s2)CCC4)ccc1OC(C)(C)C(=O)O. The second-order valence-electron chi connectivity index (χ2n) is 7.36. The summed E-state index contributed by atoms with van der Waals surface area (Å²) in [6, 6.07) is 10.3. The minimum atomic E-state index is -1.26. The maximum absolute atomic E-state index is 11.3. The summed E-state index contributed by atoms with van der Waals surface area (Å²) in [7, 11) is 0.